The highest BCUT2D eigenvalue weighted by molar-refractivity contribution is 7.17. The van der Waals surface area contributed by atoms with Gasteiger partial charge in [0.1, 0.15) is 15.9 Å². The molecule has 0 aromatic carbocycles. The standard InChI is InChI=1S/C12H19N5OS/c1-12(2,17(3)4)6-16-11-8(10(15)18)9(14)7(5-13)19-11/h16H,6,14H2,1-4H3,(H2,15,18). The minimum atomic E-state index is -0.625. The first-order chi connectivity index (χ1) is 8.70. The molecule has 1 heterocycles. The Bertz CT molecular complexity index is 527. The second kappa shape index (κ2) is 5.47. The third-order valence-electron chi connectivity index (χ3n) is 3.19. The molecule has 0 fully saturated rings. The van der Waals surface area contributed by atoms with Crippen molar-refractivity contribution in [1.82, 2.24) is 4.90 Å². The van der Waals surface area contributed by atoms with Crippen LogP contribution in [0.25, 0.3) is 0 Å². The molecule has 0 bridgehead atoms. The predicted molar refractivity (Wildman–Crippen MR) is 78.2 cm³/mol. The van der Waals surface area contributed by atoms with Crippen LogP contribution in [0.3, 0.4) is 0 Å². The minimum absolute atomic E-state index is 0.111. The fourth-order valence-corrected chi connectivity index (χ4v) is 2.27. The number of nitrogens with one attached hydrogen (secondary N) is 1. The highest BCUT2D eigenvalue weighted by Crippen LogP contribution is 2.35. The maximum atomic E-state index is 11.4. The van der Waals surface area contributed by atoms with E-state index in [9.17, 15) is 4.79 Å². The van der Waals surface area contributed by atoms with Crippen LogP contribution in [0.4, 0.5) is 10.7 Å². The lowest BCUT2D eigenvalue weighted by molar-refractivity contribution is 0.100. The Morgan fingerprint density at radius 3 is 2.53 bits per heavy atom. The summed E-state index contributed by atoms with van der Waals surface area (Å²) in [6.45, 7) is 4.73. The quantitative estimate of drug-likeness (QED) is 0.747. The van der Waals surface area contributed by atoms with Crippen molar-refractivity contribution >= 4 is 27.9 Å². The van der Waals surface area contributed by atoms with Crippen LogP contribution in [0, 0.1) is 11.3 Å². The number of hydrogen-bond donors (Lipinski definition) is 3. The van der Waals surface area contributed by atoms with Crippen LogP contribution in [0.15, 0.2) is 0 Å². The molecule has 1 rings (SSSR count). The minimum Gasteiger partial charge on any atom is -0.396 e. The molecule has 5 N–H and O–H groups in total. The Morgan fingerprint density at radius 2 is 2.11 bits per heavy atom. The number of nitrogens with two attached hydrogens (primary N) is 2. The van der Waals surface area contributed by atoms with E-state index in [0.717, 1.165) is 11.3 Å². The normalized spacial score (nSPS) is 11.4. The third kappa shape index (κ3) is 3.16. The maximum Gasteiger partial charge on any atom is 0.253 e. The number of nitrogen functional groups attached to an aromatic ring is 1. The average molecular weight is 281 g/mol. The lowest BCUT2D eigenvalue weighted by Gasteiger charge is -2.32. The van der Waals surface area contributed by atoms with Gasteiger partial charge in [-0.25, -0.2) is 0 Å². The molecule has 0 radical (unpaired) electrons. The summed E-state index contributed by atoms with van der Waals surface area (Å²) in [4.78, 5) is 13.8. The second-order valence-electron chi connectivity index (χ2n) is 5.09. The zero-order valence-electron chi connectivity index (χ0n) is 11.6. The van der Waals surface area contributed by atoms with E-state index < -0.39 is 5.91 Å². The predicted octanol–water partition coefficient (Wildman–Crippen LogP) is 1.05. The number of primary amides is 1. The molecule has 0 spiro atoms. The number of carbonyl (C=O) groups excluding carboxylic acids is 1. The molecule has 0 saturated carbocycles. The lowest BCUT2D eigenvalue weighted by atomic mass is 10.0. The Kier molecular flexibility index (Phi) is 4.39. The van der Waals surface area contributed by atoms with Crippen molar-refractivity contribution in [3.8, 4) is 6.07 Å². The number of nitrogens with zero attached hydrogens (tertiary/aromatic N) is 2. The molecule has 0 aliphatic carbocycles. The van der Waals surface area contributed by atoms with Crippen molar-refractivity contribution in [2.45, 2.75) is 19.4 Å². The lowest BCUT2D eigenvalue weighted by Crippen LogP contribution is -2.44. The summed E-state index contributed by atoms with van der Waals surface area (Å²) in [5.41, 5.74) is 11.3. The monoisotopic (exact) mass is 281 g/mol. The van der Waals surface area contributed by atoms with E-state index in [4.69, 9.17) is 16.7 Å². The fourth-order valence-electron chi connectivity index (χ4n) is 1.35. The highest BCUT2D eigenvalue weighted by Gasteiger charge is 2.24. The summed E-state index contributed by atoms with van der Waals surface area (Å²) in [6, 6.07) is 1.97. The zero-order chi connectivity index (χ0) is 14.8. The first-order valence-corrected chi connectivity index (χ1v) is 6.55. The maximum absolute atomic E-state index is 11.4. The number of amides is 1. The summed E-state index contributed by atoms with van der Waals surface area (Å²) in [7, 11) is 3.94. The summed E-state index contributed by atoms with van der Waals surface area (Å²) < 4.78 is 0. The van der Waals surface area contributed by atoms with Gasteiger partial charge in [0.15, 0.2) is 0 Å². The number of carbonyl (C=O) groups is 1. The molecule has 19 heavy (non-hydrogen) atoms. The van der Waals surface area contributed by atoms with Crippen molar-refractivity contribution in [1.29, 1.82) is 5.26 Å². The van der Waals surface area contributed by atoms with Gasteiger partial charge in [0.05, 0.1) is 11.3 Å². The van der Waals surface area contributed by atoms with Crippen molar-refractivity contribution in [3.05, 3.63) is 10.4 Å². The second-order valence-corrected chi connectivity index (χ2v) is 6.11. The van der Waals surface area contributed by atoms with Crippen molar-refractivity contribution in [2.24, 2.45) is 5.73 Å². The summed E-state index contributed by atoms with van der Waals surface area (Å²) in [5, 5.41) is 12.7. The van der Waals surface area contributed by atoms with Gasteiger partial charge in [0.25, 0.3) is 5.91 Å². The SMILES string of the molecule is CN(C)C(C)(C)CNc1sc(C#N)c(N)c1C(N)=O. The largest absolute Gasteiger partial charge is 0.396 e. The van der Waals surface area contributed by atoms with Gasteiger partial charge < -0.3 is 21.7 Å². The first kappa shape index (κ1) is 15.3. The van der Waals surface area contributed by atoms with Crippen LogP contribution in [0.2, 0.25) is 0 Å². The molecule has 0 saturated heterocycles. The average Bonchev–Trinajstić information content (AvgIpc) is 2.63. The Hall–Kier alpha value is -1.78. The molecule has 0 atom stereocenters. The van der Waals surface area contributed by atoms with Gasteiger partial charge in [0, 0.05) is 12.1 Å². The highest BCUT2D eigenvalue weighted by atomic mass is 32.1. The third-order valence-corrected chi connectivity index (χ3v) is 4.25. The van der Waals surface area contributed by atoms with Gasteiger partial charge >= 0.3 is 0 Å². The molecule has 1 aromatic heterocycles. The van der Waals surface area contributed by atoms with Crippen molar-refractivity contribution < 1.29 is 4.79 Å². The Labute approximate surface area is 117 Å². The van der Waals surface area contributed by atoms with Gasteiger partial charge in [-0.15, -0.1) is 11.3 Å². The van der Waals surface area contributed by atoms with Crippen LogP contribution in [-0.4, -0.2) is 37.0 Å². The fraction of sp³-hybridized carbons (Fsp3) is 0.500. The Balaban J connectivity index is 3.03. The van der Waals surface area contributed by atoms with E-state index in [1.54, 1.807) is 0 Å². The molecule has 7 heteroatoms. The van der Waals surface area contributed by atoms with Crippen LogP contribution < -0.4 is 16.8 Å². The number of likely N-dealkylation sites (N-methyl/N-ethyl adjacent to an activating group) is 1. The molecule has 0 aliphatic rings. The van der Waals surface area contributed by atoms with Crippen molar-refractivity contribution in [2.75, 3.05) is 31.7 Å². The molecule has 0 unspecified atom stereocenters. The van der Waals surface area contributed by atoms with Crippen LogP contribution >= 0.6 is 11.3 Å². The molecule has 1 aromatic rings. The van der Waals surface area contributed by atoms with Crippen LogP contribution in [0.1, 0.15) is 29.1 Å². The number of hydrogen-bond acceptors (Lipinski definition) is 6. The number of nitriles is 1. The van der Waals surface area contributed by atoms with E-state index in [1.807, 2.05) is 20.2 Å². The van der Waals surface area contributed by atoms with Crippen LogP contribution in [-0.2, 0) is 0 Å². The molecule has 0 aliphatic heterocycles. The van der Waals surface area contributed by atoms with E-state index in [1.165, 1.54) is 0 Å². The summed E-state index contributed by atoms with van der Waals surface area (Å²) in [5.74, 6) is -0.625. The van der Waals surface area contributed by atoms with E-state index in [0.29, 0.717) is 16.4 Å². The van der Waals surface area contributed by atoms with E-state index >= 15 is 0 Å². The number of rotatable bonds is 5. The summed E-state index contributed by atoms with van der Waals surface area (Å²) in [6.07, 6.45) is 0. The molecule has 1 amide bonds. The first-order valence-electron chi connectivity index (χ1n) is 5.74. The van der Waals surface area contributed by atoms with Gasteiger partial charge in [-0.05, 0) is 27.9 Å². The van der Waals surface area contributed by atoms with Gasteiger partial charge in [-0.1, -0.05) is 0 Å². The van der Waals surface area contributed by atoms with Crippen LogP contribution in [0.5, 0.6) is 0 Å². The topological polar surface area (TPSA) is 108 Å². The zero-order valence-corrected chi connectivity index (χ0v) is 12.4. The van der Waals surface area contributed by atoms with Crippen molar-refractivity contribution in [3.63, 3.8) is 0 Å². The van der Waals surface area contributed by atoms with E-state index in [2.05, 4.69) is 24.1 Å². The number of thiophene rings is 1. The Morgan fingerprint density at radius 1 is 1.53 bits per heavy atom. The van der Waals surface area contributed by atoms with Gasteiger partial charge in [-0.2, -0.15) is 5.26 Å². The number of anilines is 2. The summed E-state index contributed by atoms with van der Waals surface area (Å²) >= 11 is 1.15. The molecular weight excluding hydrogens is 262 g/mol. The van der Waals surface area contributed by atoms with E-state index in [-0.39, 0.29) is 16.8 Å². The molecule has 104 valence electrons. The molecular formula is C12H19N5OS. The molecule has 6 nitrogen and oxygen atoms in total. The van der Waals surface area contributed by atoms with Gasteiger partial charge in [0.2, 0.25) is 0 Å². The van der Waals surface area contributed by atoms with Gasteiger partial charge in [-0.3, -0.25) is 4.79 Å². The smallest absolute Gasteiger partial charge is 0.253 e.